The van der Waals surface area contributed by atoms with Crippen LogP contribution in [0.2, 0.25) is 0 Å². The van der Waals surface area contributed by atoms with Gasteiger partial charge in [0.15, 0.2) is 5.75 Å². The highest BCUT2D eigenvalue weighted by atomic mass is 16.6. The molecule has 0 saturated carbocycles. The second kappa shape index (κ2) is 3.94. The van der Waals surface area contributed by atoms with Crippen molar-refractivity contribution in [1.82, 2.24) is 14.7 Å². The van der Waals surface area contributed by atoms with E-state index in [1.165, 1.54) is 6.20 Å². The fourth-order valence-corrected chi connectivity index (χ4v) is 1.63. The normalized spacial score (nSPS) is 16.8. The van der Waals surface area contributed by atoms with Gasteiger partial charge in [-0.1, -0.05) is 0 Å². The van der Waals surface area contributed by atoms with Crippen molar-refractivity contribution < 1.29 is 14.6 Å². The van der Waals surface area contributed by atoms with E-state index in [9.17, 15) is 4.79 Å². The van der Waals surface area contributed by atoms with Crippen LogP contribution in [0.5, 0.6) is 5.75 Å². The minimum atomic E-state index is -0.466. The van der Waals surface area contributed by atoms with Crippen molar-refractivity contribution in [3.05, 3.63) is 12.4 Å². The average Bonchev–Trinajstić information content (AvgIpc) is 2.45. The van der Waals surface area contributed by atoms with Gasteiger partial charge in [-0.25, -0.2) is 4.79 Å². The van der Waals surface area contributed by atoms with Gasteiger partial charge in [0.05, 0.1) is 18.4 Å². The van der Waals surface area contributed by atoms with Crippen molar-refractivity contribution in [2.75, 3.05) is 13.1 Å². The molecule has 0 radical (unpaired) electrons. The smallest absolute Gasteiger partial charge is 0.410 e. The Bertz CT molecular complexity index is 416. The summed E-state index contributed by atoms with van der Waals surface area (Å²) in [6, 6.07) is 0.128. The summed E-state index contributed by atoms with van der Waals surface area (Å²) in [6.45, 7) is 6.65. The molecular weight excluding hydrogens is 222 g/mol. The molecule has 6 heteroatoms. The van der Waals surface area contributed by atoms with Gasteiger partial charge in [-0.3, -0.25) is 4.68 Å². The molecule has 1 aromatic heterocycles. The lowest BCUT2D eigenvalue weighted by Crippen LogP contribution is -2.52. The first-order chi connectivity index (χ1) is 7.85. The summed E-state index contributed by atoms with van der Waals surface area (Å²) in [5.41, 5.74) is -0.466. The molecule has 1 amide bonds. The lowest BCUT2D eigenvalue weighted by Gasteiger charge is -2.39. The molecule has 94 valence electrons. The third kappa shape index (κ3) is 2.69. The molecule has 2 rings (SSSR count). The Labute approximate surface area is 99.8 Å². The highest BCUT2D eigenvalue weighted by Gasteiger charge is 2.35. The molecule has 0 unspecified atom stereocenters. The fraction of sp³-hybridized carbons (Fsp3) is 0.636. The summed E-state index contributed by atoms with van der Waals surface area (Å²) in [4.78, 5) is 13.3. The standard InChI is InChI=1S/C11H17N3O3/c1-11(2,3)17-10(16)13-5-8(6-13)14-7-9(15)4-12-14/h4,7-8,15H,5-6H2,1-3H3. The Morgan fingerprint density at radius 1 is 1.53 bits per heavy atom. The third-order valence-electron chi connectivity index (χ3n) is 2.48. The second-order valence-corrected chi connectivity index (χ2v) is 5.22. The molecule has 1 saturated heterocycles. The maximum atomic E-state index is 11.6. The van der Waals surface area contributed by atoms with E-state index in [4.69, 9.17) is 9.84 Å². The number of aromatic nitrogens is 2. The van der Waals surface area contributed by atoms with Crippen LogP contribution in [0, 0.1) is 0 Å². The largest absolute Gasteiger partial charge is 0.505 e. The van der Waals surface area contributed by atoms with Crippen molar-refractivity contribution in [1.29, 1.82) is 0 Å². The highest BCUT2D eigenvalue weighted by Crippen LogP contribution is 2.24. The summed E-state index contributed by atoms with van der Waals surface area (Å²) >= 11 is 0. The Morgan fingerprint density at radius 2 is 2.18 bits per heavy atom. The van der Waals surface area contributed by atoms with Gasteiger partial charge in [-0.05, 0) is 20.8 Å². The van der Waals surface area contributed by atoms with Gasteiger partial charge >= 0.3 is 6.09 Å². The van der Waals surface area contributed by atoms with Gasteiger partial charge in [0, 0.05) is 13.1 Å². The van der Waals surface area contributed by atoms with Crippen LogP contribution >= 0.6 is 0 Å². The van der Waals surface area contributed by atoms with Crippen molar-refractivity contribution in [2.45, 2.75) is 32.4 Å². The lowest BCUT2D eigenvalue weighted by atomic mass is 10.1. The molecule has 0 aromatic carbocycles. The summed E-state index contributed by atoms with van der Waals surface area (Å²) in [5.74, 6) is 0.140. The maximum absolute atomic E-state index is 11.6. The SMILES string of the molecule is CC(C)(C)OC(=O)N1CC(n2cc(O)cn2)C1. The molecule has 0 atom stereocenters. The van der Waals surface area contributed by atoms with E-state index in [1.54, 1.807) is 15.8 Å². The molecule has 0 bridgehead atoms. The topological polar surface area (TPSA) is 67.6 Å². The number of ether oxygens (including phenoxy) is 1. The van der Waals surface area contributed by atoms with Crippen molar-refractivity contribution in [3.63, 3.8) is 0 Å². The van der Waals surface area contributed by atoms with Crippen LogP contribution < -0.4 is 0 Å². The number of rotatable bonds is 1. The van der Waals surface area contributed by atoms with E-state index in [-0.39, 0.29) is 17.9 Å². The molecule has 2 heterocycles. The van der Waals surface area contributed by atoms with E-state index in [2.05, 4.69) is 5.10 Å². The lowest BCUT2D eigenvalue weighted by molar-refractivity contribution is -0.000397. The van der Waals surface area contributed by atoms with Crippen LogP contribution in [0.4, 0.5) is 4.79 Å². The van der Waals surface area contributed by atoms with Crippen LogP contribution in [0.3, 0.4) is 0 Å². The Kier molecular flexibility index (Phi) is 2.73. The van der Waals surface area contributed by atoms with Gasteiger partial charge < -0.3 is 14.7 Å². The maximum Gasteiger partial charge on any atom is 0.410 e. The zero-order chi connectivity index (χ0) is 12.6. The van der Waals surface area contributed by atoms with Crippen molar-refractivity contribution in [3.8, 4) is 5.75 Å². The predicted octanol–water partition coefficient (Wildman–Crippen LogP) is 1.38. The quantitative estimate of drug-likeness (QED) is 0.804. The molecule has 6 nitrogen and oxygen atoms in total. The number of carbonyl (C=O) groups excluding carboxylic acids is 1. The Balaban J connectivity index is 1.85. The number of hydrogen-bond donors (Lipinski definition) is 1. The predicted molar refractivity (Wildman–Crippen MR) is 60.7 cm³/mol. The van der Waals surface area contributed by atoms with Crippen LogP contribution in [-0.2, 0) is 4.74 Å². The Hall–Kier alpha value is -1.72. The summed E-state index contributed by atoms with van der Waals surface area (Å²) in [5, 5.41) is 13.2. The van der Waals surface area contributed by atoms with E-state index < -0.39 is 5.60 Å². The van der Waals surface area contributed by atoms with E-state index >= 15 is 0 Å². The molecule has 0 aliphatic carbocycles. The van der Waals surface area contributed by atoms with E-state index in [0.717, 1.165) is 0 Å². The minimum absolute atomic E-state index is 0.128. The molecule has 1 N–H and O–H groups in total. The van der Waals surface area contributed by atoms with E-state index in [0.29, 0.717) is 13.1 Å². The number of aromatic hydroxyl groups is 1. The third-order valence-corrected chi connectivity index (χ3v) is 2.48. The molecule has 0 spiro atoms. The van der Waals surface area contributed by atoms with Gasteiger partial charge in [-0.2, -0.15) is 5.10 Å². The van der Waals surface area contributed by atoms with Crippen molar-refractivity contribution in [2.24, 2.45) is 0 Å². The van der Waals surface area contributed by atoms with Crippen LogP contribution in [0.15, 0.2) is 12.4 Å². The first-order valence-corrected chi connectivity index (χ1v) is 5.56. The van der Waals surface area contributed by atoms with Gasteiger partial charge in [0.25, 0.3) is 0 Å². The number of nitrogens with zero attached hydrogens (tertiary/aromatic N) is 3. The monoisotopic (exact) mass is 239 g/mol. The molecular formula is C11H17N3O3. The number of hydrogen-bond acceptors (Lipinski definition) is 4. The fourth-order valence-electron chi connectivity index (χ4n) is 1.63. The number of likely N-dealkylation sites (tertiary alicyclic amines) is 1. The summed E-state index contributed by atoms with van der Waals surface area (Å²) in [6.07, 6.45) is 2.64. The molecule has 17 heavy (non-hydrogen) atoms. The highest BCUT2D eigenvalue weighted by molar-refractivity contribution is 5.69. The minimum Gasteiger partial charge on any atom is -0.505 e. The zero-order valence-electron chi connectivity index (χ0n) is 10.3. The molecule has 1 fully saturated rings. The van der Waals surface area contributed by atoms with Gasteiger partial charge in [-0.15, -0.1) is 0 Å². The summed E-state index contributed by atoms with van der Waals surface area (Å²) in [7, 11) is 0. The van der Waals surface area contributed by atoms with E-state index in [1.807, 2.05) is 20.8 Å². The van der Waals surface area contributed by atoms with Gasteiger partial charge in [0.2, 0.25) is 0 Å². The molecule has 1 aliphatic heterocycles. The first-order valence-electron chi connectivity index (χ1n) is 5.56. The van der Waals surface area contributed by atoms with Crippen LogP contribution in [0.1, 0.15) is 26.8 Å². The Morgan fingerprint density at radius 3 is 2.65 bits per heavy atom. The number of amides is 1. The molecule has 1 aliphatic rings. The average molecular weight is 239 g/mol. The molecule has 1 aromatic rings. The summed E-state index contributed by atoms with van der Waals surface area (Å²) < 4.78 is 6.90. The van der Waals surface area contributed by atoms with Gasteiger partial charge in [0.1, 0.15) is 5.60 Å². The van der Waals surface area contributed by atoms with Crippen LogP contribution in [-0.4, -0.2) is 44.6 Å². The number of carbonyl (C=O) groups is 1. The zero-order valence-corrected chi connectivity index (χ0v) is 10.3. The van der Waals surface area contributed by atoms with Crippen LogP contribution in [0.25, 0.3) is 0 Å². The first kappa shape index (κ1) is 11.8. The second-order valence-electron chi connectivity index (χ2n) is 5.22. The van der Waals surface area contributed by atoms with Crippen molar-refractivity contribution >= 4 is 6.09 Å².